The van der Waals surface area contributed by atoms with Crippen molar-refractivity contribution < 1.29 is 22.7 Å². The van der Waals surface area contributed by atoms with Gasteiger partial charge in [-0.25, -0.2) is 12.8 Å². The maximum Gasteiger partial charge on any atom is 0.253 e. The van der Waals surface area contributed by atoms with Crippen molar-refractivity contribution in [1.29, 1.82) is 0 Å². The van der Waals surface area contributed by atoms with Gasteiger partial charge in [0.2, 0.25) is 0 Å². The van der Waals surface area contributed by atoms with E-state index < -0.39 is 39.4 Å². The number of aryl methyl sites for hydroxylation is 1. The maximum absolute atomic E-state index is 13.2. The number of benzene rings is 1. The van der Waals surface area contributed by atoms with Gasteiger partial charge < -0.3 is 10.4 Å². The third-order valence-electron chi connectivity index (χ3n) is 4.21. The number of alkyl halides is 3. The van der Waals surface area contributed by atoms with Gasteiger partial charge in [0, 0.05) is 30.1 Å². The zero-order chi connectivity index (χ0) is 21.6. The van der Waals surface area contributed by atoms with Crippen LogP contribution in [0.15, 0.2) is 42.6 Å². The van der Waals surface area contributed by atoms with Gasteiger partial charge in [0.05, 0.1) is 11.8 Å². The quantitative estimate of drug-likeness (QED) is 0.558. The first-order valence-corrected chi connectivity index (χ1v) is 11.6. The second-order valence-electron chi connectivity index (χ2n) is 6.56. The molecule has 2 atom stereocenters. The highest BCUT2D eigenvalue weighted by Gasteiger charge is 2.25. The minimum absolute atomic E-state index is 0.0341. The normalized spacial score (nSPS) is 13.9. The van der Waals surface area contributed by atoms with Gasteiger partial charge in [-0.2, -0.15) is 0 Å². The third kappa shape index (κ3) is 7.22. The lowest BCUT2D eigenvalue weighted by Crippen LogP contribution is -2.43. The Balaban J connectivity index is 2.08. The Kier molecular flexibility index (Phi) is 8.39. The third-order valence-corrected chi connectivity index (χ3v) is 5.55. The Labute approximate surface area is 179 Å². The highest BCUT2D eigenvalue weighted by Crippen LogP contribution is 2.24. The standard InChI is InChI=1S/C19H21Cl2FN2O4S/c1-29(27,28)9-8-15-7-6-14(11-23-15)12-2-4-13(5-3-12)17(25)16(10-22)24-19(26)18(20)21/h2-7,11,16-18,25H,8-10H2,1H3,(H,24,26). The predicted octanol–water partition coefficient (Wildman–Crippen LogP) is 2.63. The Hall–Kier alpha value is -1.74. The summed E-state index contributed by atoms with van der Waals surface area (Å²) in [6, 6.07) is 9.10. The summed E-state index contributed by atoms with van der Waals surface area (Å²) in [5.74, 6) is -0.750. The molecule has 29 heavy (non-hydrogen) atoms. The number of hydrogen-bond donors (Lipinski definition) is 2. The molecule has 6 nitrogen and oxygen atoms in total. The molecule has 1 amide bonds. The van der Waals surface area contributed by atoms with E-state index in [1.54, 1.807) is 36.5 Å². The number of sulfone groups is 1. The van der Waals surface area contributed by atoms with Crippen LogP contribution >= 0.6 is 23.2 Å². The number of carbonyl (C=O) groups excluding carboxylic acids is 1. The molecule has 0 aliphatic rings. The second kappa shape index (κ2) is 10.3. The number of rotatable bonds is 9. The molecule has 2 aromatic rings. The average Bonchev–Trinajstić information content (AvgIpc) is 2.69. The van der Waals surface area contributed by atoms with Crippen LogP contribution in [0.1, 0.15) is 17.4 Å². The summed E-state index contributed by atoms with van der Waals surface area (Å²) in [6.45, 7) is -0.992. The van der Waals surface area contributed by atoms with Crippen LogP contribution in [0.3, 0.4) is 0 Å². The molecule has 0 spiro atoms. The van der Waals surface area contributed by atoms with Gasteiger partial charge in [-0.05, 0) is 17.2 Å². The predicted molar refractivity (Wildman–Crippen MR) is 111 cm³/mol. The monoisotopic (exact) mass is 462 g/mol. The van der Waals surface area contributed by atoms with Gasteiger partial charge in [-0.1, -0.05) is 53.5 Å². The van der Waals surface area contributed by atoms with E-state index in [2.05, 4.69) is 10.3 Å². The van der Waals surface area contributed by atoms with Gasteiger partial charge >= 0.3 is 0 Å². The molecular formula is C19H21Cl2FN2O4S. The summed E-state index contributed by atoms with van der Waals surface area (Å²) in [4.78, 5) is 14.4. The highest BCUT2D eigenvalue weighted by atomic mass is 35.5. The van der Waals surface area contributed by atoms with E-state index in [-0.39, 0.29) is 5.75 Å². The number of halogens is 3. The van der Waals surface area contributed by atoms with Crippen molar-refractivity contribution in [3.05, 3.63) is 53.9 Å². The largest absolute Gasteiger partial charge is 0.386 e. The van der Waals surface area contributed by atoms with Crippen molar-refractivity contribution in [2.24, 2.45) is 0 Å². The van der Waals surface area contributed by atoms with Gasteiger partial charge in [0.1, 0.15) is 22.6 Å². The molecule has 158 valence electrons. The van der Waals surface area contributed by atoms with Gasteiger partial charge in [-0.3, -0.25) is 9.78 Å². The molecule has 0 bridgehead atoms. The molecule has 10 heteroatoms. The Bertz CT molecular complexity index is 922. The Morgan fingerprint density at radius 3 is 2.28 bits per heavy atom. The first-order chi connectivity index (χ1) is 13.6. The van der Waals surface area contributed by atoms with Crippen LogP contribution in [-0.2, 0) is 21.1 Å². The minimum Gasteiger partial charge on any atom is -0.386 e. The number of nitrogens with one attached hydrogen (secondary N) is 1. The van der Waals surface area contributed by atoms with Crippen molar-refractivity contribution in [1.82, 2.24) is 10.3 Å². The lowest BCUT2D eigenvalue weighted by atomic mass is 9.99. The zero-order valence-corrected chi connectivity index (χ0v) is 17.9. The van der Waals surface area contributed by atoms with Crippen LogP contribution in [0.2, 0.25) is 0 Å². The van der Waals surface area contributed by atoms with E-state index >= 15 is 0 Å². The summed E-state index contributed by atoms with van der Waals surface area (Å²) in [5, 5.41) is 12.6. The SMILES string of the molecule is CS(=O)(=O)CCc1ccc(-c2ccc(C(O)C(CF)NC(=O)C(Cl)Cl)cc2)cn1. The number of nitrogens with zero attached hydrogens (tertiary/aromatic N) is 1. The van der Waals surface area contributed by atoms with Crippen molar-refractivity contribution in [2.75, 3.05) is 18.7 Å². The van der Waals surface area contributed by atoms with E-state index in [4.69, 9.17) is 23.2 Å². The van der Waals surface area contributed by atoms with Crippen LogP contribution in [0.4, 0.5) is 4.39 Å². The van der Waals surface area contributed by atoms with E-state index in [9.17, 15) is 22.7 Å². The molecule has 0 saturated heterocycles. The van der Waals surface area contributed by atoms with Crippen LogP contribution in [0, 0.1) is 0 Å². The fourth-order valence-electron chi connectivity index (χ4n) is 2.59. The Morgan fingerprint density at radius 1 is 1.17 bits per heavy atom. The minimum atomic E-state index is -3.05. The van der Waals surface area contributed by atoms with Crippen LogP contribution in [0.5, 0.6) is 0 Å². The smallest absolute Gasteiger partial charge is 0.253 e. The average molecular weight is 463 g/mol. The molecule has 0 aliphatic carbocycles. The van der Waals surface area contributed by atoms with Crippen molar-refractivity contribution in [2.45, 2.75) is 23.4 Å². The fourth-order valence-corrected chi connectivity index (χ4v) is 3.29. The highest BCUT2D eigenvalue weighted by molar-refractivity contribution is 7.90. The molecule has 1 aromatic carbocycles. The van der Waals surface area contributed by atoms with E-state index in [0.29, 0.717) is 17.7 Å². The zero-order valence-electron chi connectivity index (χ0n) is 15.6. The lowest BCUT2D eigenvalue weighted by molar-refractivity contribution is -0.121. The lowest BCUT2D eigenvalue weighted by Gasteiger charge is -2.22. The van der Waals surface area contributed by atoms with Crippen LogP contribution in [0.25, 0.3) is 11.1 Å². The van der Waals surface area contributed by atoms with Crippen LogP contribution < -0.4 is 5.32 Å². The molecule has 1 heterocycles. The molecule has 0 saturated carbocycles. The summed E-state index contributed by atoms with van der Waals surface area (Å²) < 4.78 is 35.7. The van der Waals surface area contributed by atoms with Crippen LogP contribution in [-0.4, -0.2) is 54.0 Å². The molecule has 2 rings (SSSR count). The fraction of sp³-hybridized carbons (Fsp3) is 0.368. The molecule has 2 unspecified atom stereocenters. The molecule has 2 N–H and O–H groups in total. The number of pyridine rings is 1. The summed E-state index contributed by atoms with van der Waals surface area (Å²) in [7, 11) is -3.05. The topological polar surface area (TPSA) is 96.4 Å². The number of aliphatic hydroxyl groups is 1. The maximum atomic E-state index is 13.2. The summed E-state index contributed by atoms with van der Waals surface area (Å²) in [5.41, 5.74) is 2.70. The molecular weight excluding hydrogens is 442 g/mol. The number of aliphatic hydroxyl groups excluding tert-OH is 1. The number of aromatic nitrogens is 1. The second-order valence-corrected chi connectivity index (χ2v) is 9.91. The van der Waals surface area contributed by atoms with Gasteiger partial charge in [0.15, 0.2) is 4.84 Å². The molecule has 0 radical (unpaired) electrons. The summed E-state index contributed by atoms with van der Waals surface area (Å²) in [6.07, 6.45) is 1.88. The number of amides is 1. The first kappa shape index (κ1) is 23.5. The number of hydrogen-bond acceptors (Lipinski definition) is 5. The van der Waals surface area contributed by atoms with E-state index in [1.165, 1.54) is 6.26 Å². The Morgan fingerprint density at radius 2 is 1.79 bits per heavy atom. The van der Waals surface area contributed by atoms with Gasteiger partial charge in [-0.15, -0.1) is 0 Å². The van der Waals surface area contributed by atoms with Crippen molar-refractivity contribution in [3.8, 4) is 11.1 Å². The van der Waals surface area contributed by atoms with Crippen molar-refractivity contribution in [3.63, 3.8) is 0 Å². The molecule has 1 aromatic heterocycles. The first-order valence-electron chi connectivity index (χ1n) is 8.66. The molecule has 0 fully saturated rings. The number of carbonyl (C=O) groups is 1. The molecule has 0 aliphatic heterocycles. The van der Waals surface area contributed by atoms with E-state index in [0.717, 1.165) is 11.1 Å². The summed E-state index contributed by atoms with van der Waals surface area (Å²) >= 11 is 10.9. The van der Waals surface area contributed by atoms with E-state index in [1.807, 2.05) is 6.07 Å². The van der Waals surface area contributed by atoms with Crippen molar-refractivity contribution >= 4 is 38.9 Å². The van der Waals surface area contributed by atoms with Gasteiger partial charge in [0.25, 0.3) is 5.91 Å².